The maximum atomic E-state index is 14.0. The summed E-state index contributed by atoms with van der Waals surface area (Å²) in [7, 11) is 0. The molecule has 2 rings (SSSR count). The molecule has 0 radical (unpaired) electrons. The van der Waals surface area contributed by atoms with E-state index in [-0.39, 0.29) is 42.3 Å². The average Bonchev–Trinajstić information content (AvgIpc) is 2.41. The minimum absolute atomic E-state index is 0. The van der Waals surface area contributed by atoms with Gasteiger partial charge in [0.15, 0.2) is 0 Å². The first-order valence-electron chi connectivity index (χ1n) is 5.99. The highest BCUT2D eigenvalue weighted by atomic mass is 35.5. The number of nitrogens with zero attached hydrogens (tertiary/aromatic N) is 2. The minimum atomic E-state index is -0.405. The van der Waals surface area contributed by atoms with Crippen molar-refractivity contribution in [2.45, 2.75) is 12.5 Å². The van der Waals surface area contributed by atoms with E-state index in [1.54, 1.807) is 12.1 Å². The van der Waals surface area contributed by atoms with Crippen molar-refractivity contribution in [3.8, 4) is 6.07 Å². The van der Waals surface area contributed by atoms with Crippen LogP contribution in [-0.2, 0) is 0 Å². The molecule has 0 aromatic heterocycles. The Labute approximate surface area is 135 Å². The van der Waals surface area contributed by atoms with Gasteiger partial charge < -0.3 is 5.32 Å². The van der Waals surface area contributed by atoms with Crippen molar-refractivity contribution in [1.29, 1.82) is 5.26 Å². The molecule has 1 aliphatic heterocycles. The summed E-state index contributed by atoms with van der Waals surface area (Å²) >= 11 is 5.81. The van der Waals surface area contributed by atoms with E-state index in [9.17, 15) is 4.39 Å². The second kappa shape index (κ2) is 9.38. The van der Waals surface area contributed by atoms with Gasteiger partial charge in [-0.1, -0.05) is 23.7 Å². The summed E-state index contributed by atoms with van der Waals surface area (Å²) in [6.07, 6.45) is 0.275. The third-order valence-electron chi connectivity index (χ3n) is 3.22. The van der Waals surface area contributed by atoms with Gasteiger partial charge in [0.25, 0.3) is 0 Å². The number of halogens is 4. The molecule has 20 heavy (non-hydrogen) atoms. The number of benzene rings is 1. The van der Waals surface area contributed by atoms with Gasteiger partial charge in [-0.05, 0) is 6.07 Å². The van der Waals surface area contributed by atoms with E-state index in [2.05, 4.69) is 16.3 Å². The smallest absolute Gasteiger partial charge is 0.146 e. The van der Waals surface area contributed by atoms with E-state index in [1.165, 1.54) is 6.07 Å². The Morgan fingerprint density at radius 1 is 1.35 bits per heavy atom. The van der Waals surface area contributed by atoms with Crippen molar-refractivity contribution in [2.24, 2.45) is 0 Å². The Kier molecular flexibility index (Phi) is 9.11. The highest BCUT2D eigenvalue weighted by Crippen LogP contribution is 2.29. The minimum Gasteiger partial charge on any atom is -0.314 e. The van der Waals surface area contributed by atoms with Crippen molar-refractivity contribution < 1.29 is 4.39 Å². The van der Waals surface area contributed by atoms with Gasteiger partial charge in [0, 0.05) is 31.7 Å². The normalized spacial score (nSPS) is 16.4. The number of piperazine rings is 1. The zero-order valence-corrected chi connectivity index (χ0v) is 13.2. The molecule has 0 aliphatic carbocycles. The molecule has 1 heterocycles. The zero-order chi connectivity index (χ0) is 13.0. The molecule has 7 heteroatoms. The molecule has 0 unspecified atom stereocenters. The number of rotatable bonds is 3. The van der Waals surface area contributed by atoms with Gasteiger partial charge in [-0.15, -0.1) is 24.8 Å². The molecule has 0 spiro atoms. The summed E-state index contributed by atoms with van der Waals surface area (Å²) in [5.41, 5.74) is 0.519. The highest BCUT2D eigenvalue weighted by molar-refractivity contribution is 6.30. The van der Waals surface area contributed by atoms with Crippen LogP contribution in [-0.4, -0.2) is 31.1 Å². The number of hydrogen-bond donors (Lipinski definition) is 1. The third-order valence-corrected chi connectivity index (χ3v) is 3.51. The van der Waals surface area contributed by atoms with Gasteiger partial charge in [0.2, 0.25) is 0 Å². The number of nitriles is 1. The summed E-state index contributed by atoms with van der Waals surface area (Å²) in [5, 5.41) is 12.3. The van der Waals surface area contributed by atoms with E-state index in [4.69, 9.17) is 16.9 Å². The van der Waals surface area contributed by atoms with Gasteiger partial charge in [-0.2, -0.15) is 5.26 Å². The lowest BCUT2D eigenvalue weighted by atomic mass is 10.0. The van der Waals surface area contributed by atoms with Crippen LogP contribution >= 0.6 is 36.4 Å². The molecule has 1 aromatic carbocycles. The summed E-state index contributed by atoms with van der Waals surface area (Å²) in [6.45, 7) is 3.37. The van der Waals surface area contributed by atoms with Crippen LogP contribution in [0.25, 0.3) is 0 Å². The molecule has 1 fully saturated rings. The molecule has 1 aromatic rings. The molecule has 1 saturated heterocycles. The maximum absolute atomic E-state index is 14.0. The van der Waals surface area contributed by atoms with Gasteiger partial charge in [0.1, 0.15) is 5.82 Å². The Morgan fingerprint density at radius 2 is 2.00 bits per heavy atom. The van der Waals surface area contributed by atoms with Crippen molar-refractivity contribution >= 4 is 36.4 Å². The van der Waals surface area contributed by atoms with Gasteiger partial charge in [0.05, 0.1) is 23.6 Å². The predicted molar refractivity (Wildman–Crippen MR) is 83.3 cm³/mol. The van der Waals surface area contributed by atoms with Gasteiger partial charge in [-0.25, -0.2) is 4.39 Å². The van der Waals surface area contributed by atoms with Crippen LogP contribution in [0.15, 0.2) is 18.2 Å². The summed E-state index contributed by atoms with van der Waals surface area (Å²) in [4.78, 5) is 2.13. The first kappa shape index (κ1) is 19.4. The highest BCUT2D eigenvalue weighted by Gasteiger charge is 2.25. The topological polar surface area (TPSA) is 39.1 Å². The Balaban J connectivity index is 0.00000180. The fourth-order valence-electron chi connectivity index (χ4n) is 2.29. The van der Waals surface area contributed by atoms with Crippen LogP contribution in [0.5, 0.6) is 0 Å². The van der Waals surface area contributed by atoms with E-state index in [0.717, 1.165) is 26.2 Å². The van der Waals surface area contributed by atoms with Crippen LogP contribution in [0.4, 0.5) is 4.39 Å². The van der Waals surface area contributed by atoms with Crippen molar-refractivity contribution in [3.05, 3.63) is 34.6 Å². The zero-order valence-electron chi connectivity index (χ0n) is 10.8. The number of hydrogen-bond acceptors (Lipinski definition) is 3. The fraction of sp³-hybridized carbons (Fsp3) is 0.462. The van der Waals surface area contributed by atoms with E-state index >= 15 is 0 Å². The summed E-state index contributed by atoms with van der Waals surface area (Å²) in [6, 6.07) is 6.90. The van der Waals surface area contributed by atoms with Crippen molar-refractivity contribution in [3.63, 3.8) is 0 Å². The molecular formula is C13H17Cl3FN3. The van der Waals surface area contributed by atoms with Crippen LogP contribution in [0.1, 0.15) is 18.0 Å². The standard InChI is InChI=1S/C13H15ClFN3.2ClH/c14-11-3-1-2-10(13(11)15)12(4-5-16)18-8-6-17-7-9-18;;/h1-3,12,17H,4,6-9H2;2*1H/t12-;;/m1../s1. The SMILES string of the molecule is Cl.Cl.N#CC[C@H](c1cccc(Cl)c1F)N1CCNCC1. The average molecular weight is 341 g/mol. The van der Waals surface area contributed by atoms with Crippen molar-refractivity contribution in [2.75, 3.05) is 26.2 Å². The summed E-state index contributed by atoms with van der Waals surface area (Å²) in [5.74, 6) is -0.405. The lowest BCUT2D eigenvalue weighted by Gasteiger charge is -2.34. The van der Waals surface area contributed by atoms with E-state index in [0.29, 0.717) is 5.56 Å². The monoisotopic (exact) mass is 339 g/mol. The maximum Gasteiger partial charge on any atom is 0.146 e. The van der Waals surface area contributed by atoms with Crippen molar-refractivity contribution in [1.82, 2.24) is 10.2 Å². The second-order valence-electron chi connectivity index (χ2n) is 4.31. The lowest BCUT2D eigenvalue weighted by molar-refractivity contribution is 0.172. The molecular weight excluding hydrogens is 324 g/mol. The van der Waals surface area contributed by atoms with Gasteiger partial charge in [-0.3, -0.25) is 4.90 Å². The second-order valence-corrected chi connectivity index (χ2v) is 4.71. The third kappa shape index (κ3) is 4.47. The largest absolute Gasteiger partial charge is 0.314 e. The van der Waals surface area contributed by atoms with Gasteiger partial charge >= 0.3 is 0 Å². The summed E-state index contributed by atoms with van der Waals surface area (Å²) < 4.78 is 14.0. The first-order valence-corrected chi connectivity index (χ1v) is 6.37. The van der Waals surface area contributed by atoms with E-state index < -0.39 is 5.82 Å². The molecule has 0 bridgehead atoms. The van der Waals surface area contributed by atoms with Crippen LogP contribution in [0, 0.1) is 17.1 Å². The molecule has 0 saturated carbocycles. The number of nitrogens with one attached hydrogen (secondary N) is 1. The van der Waals surface area contributed by atoms with Crippen LogP contribution < -0.4 is 5.32 Å². The van der Waals surface area contributed by atoms with Crippen LogP contribution in [0.3, 0.4) is 0 Å². The molecule has 3 nitrogen and oxygen atoms in total. The predicted octanol–water partition coefficient (Wildman–Crippen LogP) is 3.18. The van der Waals surface area contributed by atoms with E-state index in [1.807, 2.05) is 0 Å². The Morgan fingerprint density at radius 3 is 2.60 bits per heavy atom. The molecule has 1 N–H and O–H groups in total. The Hall–Kier alpha value is -0.570. The Bertz CT molecular complexity index is 459. The fourth-order valence-corrected chi connectivity index (χ4v) is 2.48. The molecule has 0 amide bonds. The molecule has 1 atom stereocenters. The quantitative estimate of drug-likeness (QED) is 0.918. The first-order chi connectivity index (χ1) is 8.74. The lowest BCUT2D eigenvalue weighted by Crippen LogP contribution is -2.45. The molecule has 112 valence electrons. The van der Waals surface area contributed by atoms with Crippen LogP contribution in [0.2, 0.25) is 5.02 Å². The molecule has 1 aliphatic rings.